The highest BCUT2D eigenvalue weighted by Gasteiger charge is 2.12. The number of rotatable bonds is 1. The molecule has 0 aliphatic heterocycles. The van der Waals surface area contributed by atoms with E-state index < -0.39 is 0 Å². The van der Waals surface area contributed by atoms with Crippen LogP contribution in [0.2, 0.25) is 0 Å². The molecule has 14 heavy (non-hydrogen) atoms. The van der Waals surface area contributed by atoms with Crippen molar-refractivity contribution in [2.75, 3.05) is 5.73 Å². The Morgan fingerprint density at radius 2 is 2.29 bits per heavy atom. The van der Waals surface area contributed by atoms with Gasteiger partial charge in [0, 0.05) is 5.39 Å². The highest BCUT2D eigenvalue weighted by atomic mass is 16.3. The molecule has 0 radical (unpaired) electrons. The van der Waals surface area contributed by atoms with Gasteiger partial charge < -0.3 is 10.2 Å². The summed E-state index contributed by atoms with van der Waals surface area (Å²) in [6, 6.07) is 7.80. The second-order valence-electron chi connectivity index (χ2n) is 3.10. The van der Waals surface area contributed by atoms with Crippen LogP contribution in [-0.4, -0.2) is 0 Å². The highest BCUT2D eigenvalue weighted by molar-refractivity contribution is 5.90. The predicted octanol–water partition coefficient (Wildman–Crippen LogP) is 2.45. The molecule has 0 bridgehead atoms. The molecule has 3 heteroatoms. The normalized spacial score (nSPS) is 10.3. The van der Waals surface area contributed by atoms with E-state index in [2.05, 4.69) is 6.07 Å². The zero-order chi connectivity index (χ0) is 10.1. The molecule has 1 heterocycles. The minimum absolute atomic E-state index is 0.211. The maximum atomic E-state index is 8.88. The number of benzene rings is 1. The van der Waals surface area contributed by atoms with Crippen molar-refractivity contribution >= 4 is 16.9 Å². The SMILES string of the molecule is CCc1cccc2c(C#N)c(N)oc12. The largest absolute Gasteiger partial charge is 0.439 e. The van der Waals surface area contributed by atoms with Crippen LogP contribution in [0.1, 0.15) is 18.1 Å². The summed E-state index contributed by atoms with van der Waals surface area (Å²) in [5.74, 6) is 0.211. The van der Waals surface area contributed by atoms with Crippen molar-refractivity contribution in [3.05, 3.63) is 29.3 Å². The molecule has 2 rings (SSSR count). The zero-order valence-electron chi connectivity index (χ0n) is 7.87. The van der Waals surface area contributed by atoms with Crippen molar-refractivity contribution in [3.8, 4) is 6.07 Å². The van der Waals surface area contributed by atoms with Crippen LogP contribution in [0.25, 0.3) is 11.0 Å². The van der Waals surface area contributed by atoms with Crippen LogP contribution in [0.15, 0.2) is 22.6 Å². The van der Waals surface area contributed by atoms with E-state index in [9.17, 15) is 0 Å². The Labute approximate surface area is 81.7 Å². The number of hydrogen-bond acceptors (Lipinski definition) is 3. The molecule has 0 amide bonds. The van der Waals surface area contributed by atoms with Crippen LogP contribution >= 0.6 is 0 Å². The summed E-state index contributed by atoms with van der Waals surface area (Å²) in [4.78, 5) is 0. The van der Waals surface area contributed by atoms with Gasteiger partial charge in [-0.3, -0.25) is 0 Å². The van der Waals surface area contributed by atoms with Gasteiger partial charge in [0.05, 0.1) is 0 Å². The quantitative estimate of drug-likeness (QED) is 0.744. The Balaban J connectivity index is 2.87. The van der Waals surface area contributed by atoms with Gasteiger partial charge in [0.15, 0.2) is 0 Å². The van der Waals surface area contributed by atoms with Gasteiger partial charge in [0.25, 0.3) is 0 Å². The van der Waals surface area contributed by atoms with Crippen molar-refractivity contribution in [3.63, 3.8) is 0 Å². The lowest BCUT2D eigenvalue weighted by molar-refractivity contribution is 0.631. The topological polar surface area (TPSA) is 63.0 Å². The van der Waals surface area contributed by atoms with E-state index in [1.54, 1.807) is 0 Å². The fraction of sp³-hybridized carbons (Fsp3) is 0.182. The van der Waals surface area contributed by atoms with Gasteiger partial charge in [-0.25, -0.2) is 0 Å². The number of hydrogen-bond donors (Lipinski definition) is 1. The second kappa shape index (κ2) is 3.08. The summed E-state index contributed by atoms with van der Waals surface area (Å²) in [5, 5.41) is 9.69. The van der Waals surface area contributed by atoms with E-state index in [1.807, 2.05) is 25.1 Å². The average molecular weight is 186 g/mol. The molecule has 0 unspecified atom stereocenters. The molecule has 0 aliphatic carbocycles. The van der Waals surface area contributed by atoms with Crippen molar-refractivity contribution in [1.82, 2.24) is 0 Å². The molecule has 2 aromatic rings. The van der Waals surface area contributed by atoms with Crippen molar-refractivity contribution in [2.24, 2.45) is 0 Å². The summed E-state index contributed by atoms with van der Waals surface area (Å²) >= 11 is 0. The van der Waals surface area contributed by atoms with E-state index in [4.69, 9.17) is 15.4 Å². The Morgan fingerprint density at radius 1 is 1.50 bits per heavy atom. The minimum Gasteiger partial charge on any atom is -0.439 e. The van der Waals surface area contributed by atoms with Crippen molar-refractivity contribution < 1.29 is 4.42 Å². The molecule has 0 atom stereocenters. The number of furan rings is 1. The van der Waals surface area contributed by atoms with E-state index in [1.165, 1.54) is 0 Å². The highest BCUT2D eigenvalue weighted by Crippen LogP contribution is 2.29. The Morgan fingerprint density at radius 3 is 2.93 bits per heavy atom. The zero-order valence-corrected chi connectivity index (χ0v) is 7.87. The van der Waals surface area contributed by atoms with Crippen LogP contribution in [-0.2, 0) is 6.42 Å². The number of anilines is 1. The van der Waals surface area contributed by atoms with Gasteiger partial charge in [0.1, 0.15) is 17.2 Å². The van der Waals surface area contributed by atoms with E-state index in [-0.39, 0.29) is 5.88 Å². The Bertz CT molecular complexity index is 520. The molecule has 0 aliphatic rings. The van der Waals surface area contributed by atoms with Crippen LogP contribution < -0.4 is 5.73 Å². The molecular weight excluding hydrogens is 176 g/mol. The molecule has 2 N–H and O–H groups in total. The maximum Gasteiger partial charge on any atom is 0.209 e. The molecule has 0 saturated carbocycles. The van der Waals surface area contributed by atoms with Crippen LogP contribution in [0.5, 0.6) is 0 Å². The molecule has 0 spiro atoms. The first-order valence-electron chi connectivity index (χ1n) is 4.48. The Hall–Kier alpha value is -1.95. The smallest absolute Gasteiger partial charge is 0.209 e. The van der Waals surface area contributed by atoms with Crippen molar-refractivity contribution in [1.29, 1.82) is 5.26 Å². The number of nitrogen functional groups attached to an aromatic ring is 1. The first-order chi connectivity index (χ1) is 6.77. The fourth-order valence-electron chi connectivity index (χ4n) is 1.59. The number of nitrogens with two attached hydrogens (primary N) is 1. The summed E-state index contributed by atoms with van der Waals surface area (Å²) in [7, 11) is 0. The van der Waals surface area contributed by atoms with Crippen molar-refractivity contribution in [2.45, 2.75) is 13.3 Å². The second-order valence-corrected chi connectivity index (χ2v) is 3.10. The molecule has 70 valence electrons. The third-order valence-electron chi connectivity index (χ3n) is 2.32. The Kier molecular flexibility index (Phi) is 1.90. The summed E-state index contributed by atoms with van der Waals surface area (Å²) in [6.45, 7) is 2.04. The van der Waals surface area contributed by atoms with E-state index in [0.29, 0.717) is 5.56 Å². The van der Waals surface area contributed by atoms with Gasteiger partial charge in [-0.15, -0.1) is 0 Å². The first-order valence-corrected chi connectivity index (χ1v) is 4.48. The molecule has 0 saturated heterocycles. The summed E-state index contributed by atoms with van der Waals surface area (Å²) < 4.78 is 5.37. The molecule has 3 nitrogen and oxygen atoms in total. The molecular formula is C11H10N2O. The van der Waals surface area contributed by atoms with Gasteiger partial charge >= 0.3 is 0 Å². The van der Waals surface area contributed by atoms with E-state index in [0.717, 1.165) is 23.0 Å². The number of nitriles is 1. The summed E-state index contributed by atoms with van der Waals surface area (Å²) in [5.41, 5.74) is 7.86. The third kappa shape index (κ3) is 1.05. The molecule has 1 aromatic carbocycles. The lowest BCUT2D eigenvalue weighted by Gasteiger charge is -1.95. The average Bonchev–Trinajstić information content (AvgIpc) is 2.52. The minimum atomic E-state index is 0.211. The third-order valence-corrected chi connectivity index (χ3v) is 2.32. The van der Waals surface area contributed by atoms with Gasteiger partial charge in [-0.1, -0.05) is 19.1 Å². The monoisotopic (exact) mass is 186 g/mol. The van der Waals surface area contributed by atoms with Crippen LogP contribution in [0.4, 0.5) is 5.88 Å². The lowest BCUT2D eigenvalue weighted by atomic mass is 10.1. The van der Waals surface area contributed by atoms with Crippen LogP contribution in [0, 0.1) is 11.3 Å². The molecule has 1 aromatic heterocycles. The van der Waals surface area contributed by atoms with Crippen LogP contribution in [0.3, 0.4) is 0 Å². The number of para-hydroxylation sites is 1. The maximum absolute atomic E-state index is 8.88. The number of nitrogens with zero attached hydrogens (tertiary/aromatic N) is 1. The van der Waals surface area contributed by atoms with Gasteiger partial charge in [0.2, 0.25) is 5.88 Å². The number of fused-ring (bicyclic) bond motifs is 1. The lowest BCUT2D eigenvalue weighted by Crippen LogP contribution is -1.83. The predicted molar refractivity (Wildman–Crippen MR) is 54.7 cm³/mol. The standard InChI is InChI=1S/C11H10N2O/c1-2-7-4-3-5-8-9(6-12)11(13)14-10(7)8/h3-5H,2,13H2,1H3. The fourth-order valence-corrected chi connectivity index (χ4v) is 1.59. The van der Waals surface area contributed by atoms with Gasteiger partial charge in [-0.05, 0) is 18.1 Å². The number of aryl methyl sites for hydroxylation is 1. The summed E-state index contributed by atoms with van der Waals surface area (Å²) in [6.07, 6.45) is 0.870. The first kappa shape index (κ1) is 8.64. The van der Waals surface area contributed by atoms with E-state index >= 15 is 0 Å². The van der Waals surface area contributed by atoms with Gasteiger partial charge in [-0.2, -0.15) is 5.26 Å². The molecule has 0 fully saturated rings.